The summed E-state index contributed by atoms with van der Waals surface area (Å²) in [5.74, 6) is 0. The average Bonchev–Trinajstić information content (AvgIpc) is 2.54. The number of likely N-dealkylation sites (tertiary alicyclic amines) is 1. The van der Waals surface area contributed by atoms with Gasteiger partial charge in [-0.25, -0.2) is 4.79 Å². The second-order valence-electron chi connectivity index (χ2n) is 7.29. The maximum absolute atomic E-state index is 12.1. The predicted octanol–water partition coefficient (Wildman–Crippen LogP) is 2.51. The van der Waals surface area contributed by atoms with Gasteiger partial charge < -0.3 is 19.1 Å². The van der Waals surface area contributed by atoms with Crippen molar-refractivity contribution in [2.75, 3.05) is 46.4 Å². The SMILES string of the molecule is CCCCOC(=O)N1CCC(CN2C[C@@H](C)O[C@@H](C)C2)(OC)CC1. The van der Waals surface area contributed by atoms with Gasteiger partial charge in [0.2, 0.25) is 0 Å². The van der Waals surface area contributed by atoms with Crippen LogP contribution in [0.15, 0.2) is 0 Å². The van der Waals surface area contributed by atoms with Crippen LogP contribution in [0.1, 0.15) is 46.5 Å². The Balaban J connectivity index is 1.83. The number of hydrogen-bond acceptors (Lipinski definition) is 5. The Bertz CT molecular complexity index is 386. The van der Waals surface area contributed by atoms with E-state index in [9.17, 15) is 4.79 Å². The van der Waals surface area contributed by atoms with E-state index >= 15 is 0 Å². The number of rotatable bonds is 6. The largest absolute Gasteiger partial charge is 0.449 e. The van der Waals surface area contributed by atoms with E-state index in [0.29, 0.717) is 19.7 Å². The zero-order valence-corrected chi connectivity index (χ0v) is 15.8. The number of morpholine rings is 1. The monoisotopic (exact) mass is 342 g/mol. The summed E-state index contributed by atoms with van der Waals surface area (Å²) in [6.45, 7) is 11.0. The van der Waals surface area contributed by atoms with Gasteiger partial charge in [-0.1, -0.05) is 13.3 Å². The Morgan fingerprint density at radius 2 is 1.83 bits per heavy atom. The highest BCUT2D eigenvalue weighted by molar-refractivity contribution is 5.67. The van der Waals surface area contributed by atoms with E-state index in [-0.39, 0.29) is 23.9 Å². The Morgan fingerprint density at radius 1 is 1.21 bits per heavy atom. The van der Waals surface area contributed by atoms with Gasteiger partial charge in [0.25, 0.3) is 0 Å². The quantitative estimate of drug-likeness (QED) is 0.694. The molecule has 0 aromatic carbocycles. The summed E-state index contributed by atoms with van der Waals surface area (Å²) in [6, 6.07) is 0. The molecule has 0 bridgehead atoms. The first kappa shape index (κ1) is 19.5. The number of carbonyl (C=O) groups is 1. The van der Waals surface area contributed by atoms with Crippen molar-refractivity contribution in [1.82, 2.24) is 9.80 Å². The lowest BCUT2D eigenvalue weighted by Crippen LogP contribution is -2.56. The highest BCUT2D eigenvalue weighted by Gasteiger charge is 2.39. The molecule has 0 spiro atoms. The van der Waals surface area contributed by atoms with E-state index in [1.165, 1.54) is 0 Å². The Labute approximate surface area is 146 Å². The number of nitrogens with zero attached hydrogens (tertiary/aromatic N) is 2. The minimum absolute atomic E-state index is 0.170. The fourth-order valence-electron chi connectivity index (χ4n) is 3.74. The molecule has 0 aromatic heterocycles. The third-order valence-corrected chi connectivity index (χ3v) is 5.10. The van der Waals surface area contributed by atoms with Crippen molar-refractivity contribution >= 4 is 6.09 Å². The van der Waals surface area contributed by atoms with Gasteiger partial charge >= 0.3 is 6.09 Å². The Hall–Kier alpha value is -0.850. The van der Waals surface area contributed by atoms with Crippen LogP contribution in [0.5, 0.6) is 0 Å². The highest BCUT2D eigenvalue weighted by atomic mass is 16.6. The number of carbonyl (C=O) groups excluding carboxylic acids is 1. The average molecular weight is 342 g/mol. The summed E-state index contributed by atoms with van der Waals surface area (Å²) >= 11 is 0. The van der Waals surface area contributed by atoms with Crippen molar-refractivity contribution in [2.24, 2.45) is 0 Å². The maximum atomic E-state index is 12.1. The summed E-state index contributed by atoms with van der Waals surface area (Å²) in [6.07, 6.45) is 4.01. The first-order valence-electron chi connectivity index (χ1n) is 9.32. The van der Waals surface area contributed by atoms with Gasteiger partial charge in [-0.05, 0) is 33.1 Å². The molecule has 0 unspecified atom stereocenters. The topological polar surface area (TPSA) is 51.2 Å². The smallest absolute Gasteiger partial charge is 0.409 e. The molecule has 2 saturated heterocycles. The van der Waals surface area contributed by atoms with Gasteiger partial charge in [0, 0.05) is 39.8 Å². The molecule has 2 aliphatic rings. The number of hydrogen-bond donors (Lipinski definition) is 0. The molecule has 24 heavy (non-hydrogen) atoms. The van der Waals surface area contributed by atoms with Crippen molar-refractivity contribution < 1.29 is 19.0 Å². The van der Waals surface area contributed by atoms with Gasteiger partial charge in [-0.15, -0.1) is 0 Å². The molecule has 0 aromatic rings. The molecule has 2 atom stereocenters. The van der Waals surface area contributed by atoms with Crippen LogP contribution < -0.4 is 0 Å². The number of unbranched alkanes of at least 4 members (excludes halogenated alkanes) is 1. The van der Waals surface area contributed by atoms with Crippen molar-refractivity contribution in [1.29, 1.82) is 0 Å². The summed E-state index contributed by atoms with van der Waals surface area (Å²) in [5.41, 5.74) is -0.170. The molecular formula is C18H34N2O4. The molecule has 2 aliphatic heterocycles. The number of amides is 1. The van der Waals surface area contributed by atoms with Gasteiger partial charge in [0.05, 0.1) is 24.4 Å². The molecule has 2 rings (SSSR count). The van der Waals surface area contributed by atoms with E-state index in [1.54, 1.807) is 7.11 Å². The molecule has 6 nitrogen and oxygen atoms in total. The lowest BCUT2D eigenvalue weighted by molar-refractivity contribution is -0.114. The van der Waals surface area contributed by atoms with Crippen molar-refractivity contribution in [3.05, 3.63) is 0 Å². The molecule has 0 radical (unpaired) electrons. The molecule has 0 N–H and O–H groups in total. The minimum atomic E-state index is -0.179. The standard InChI is InChI=1S/C18H34N2O4/c1-5-6-11-23-17(21)20-9-7-18(22-4,8-10-20)14-19-12-15(2)24-16(3)13-19/h15-16H,5-14H2,1-4H3/t15-,16+. The second kappa shape index (κ2) is 9.02. The molecule has 6 heteroatoms. The summed E-state index contributed by atoms with van der Waals surface area (Å²) < 4.78 is 17.1. The predicted molar refractivity (Wildman–Crippen MR) is 93.3 cm³/mol. The Kier molecular flexibility index (Phi) is 7.32. The highest BCUT2D eigenvalue weighted by Crippen LogP contribution is 2.28. The molecule has 1 amide bonds. The van der Waals surface area contributed by atoms with Crippen LogP contribution in [0, 0.1) is 0 Å². The van der Waals surface area contributed by atoms with Gasteiger partial charge in [-0.3, -0.25) is 4.90 Å². The van der Waals surface area contributed by atoms with Crippen molar-refractivity contribution in [3.8, 4) is 0 Å². The zero-order valence-electron chi connectivity index (χ0n) is 15.8. The third kappa shape index (κ3) is 5.33. The van der Waals surface area contributed by atoms with Crippen molar-refractivity contribution in [2.45, 2.75) is 64.3 Å². The van der Waals surface area contributed by atoms with Gasteiger partial charge in [0.1, 0.15) is 0 Å². The van der Waals surface area contributed by atoms with E-state index in [4.69, 9.17) is 14.2 Å². The lowest BCUT2D eigenvalue weighted by atomic mass is 9.90. The second-order valence-corrected chi connectivity index (χ2v) is 7.29. The molecule has 0 aliphatic carbocycles. The fraction of sp³-hybridized carbons (Fsp3) is 0.944. The number of methoxy groups -OCH3 is 1. The van der Waals surface area contributed by atoms with Crippen molar-refractivity contribution in [3.63, 3.8) is 0 Å². The zero-order chi connectivity index (χ0) is 17.6. The summed E-state index contributed by atoms with van der Waals surface area (Å²) in [4.78, 5) is 16.3. The van der Waals surface area contributed by atoms with Gasteiger partial charge in [-0.2, -0.15) is 0 Å². The van der Waals surface area contributed by atoms with Crippen LogP contribution in [-0.4, -0.2) is 80.1 Å². The molecule has 0 saturated carbocycles. The van der Waals surface area contributed by atoms with Crippen LogP contribution in [0.4, 0.5) is 4.79 Å². The minimum Gasteiger partial charge on any atom is -0.449 e. The summed E-state index contributed by atoms with van der Waals surface area (Å²) in [7, 11) is 1.79. The van der Waals surface area contributed by atoms with E-state index in [2.05, 4.69) is 25.7 Å². The van der Waals surface area contributed by atoms with Crippen LogP contribution in [-0.2, 0) is 14.2 Å². The lowest BCUT2D eigenvalue weighted by Gasteiger charge is -2.45. The first-order valence-corrected chi connectivity index (χ1v) is 9.32. The Morgan fingerprint density at radius 3 is 2.38 bits per heavy atom. The van der Waals surface area contributed by atoms with E-state index in [0.717, 1.165) is 45.3 Å². The molecule has 2 fully saturated rings. The summed E-state index contributed by atoms with van der Waals surface area (Å²) in [5, 5.41) is 0. The van der Waals surface area contributed by atoms with Crippen LogP contribution in [0.3, 0.4) is 0 Å². The molecule has 140 valence electrons. The van der Waals surface area contributed by atoms with Gasteiger partial charge in [0.15, 0.2) is 0 Å². The molecular weight excluding hydrogens is 308 g/mol. The molecule has 2 heterocycles. The van der Waals surface area contributed by atoms with E-state index in [1.807, 2.05) is 4.90 Å². The third-order valence-electron chi connectivity index (χ3n) is 5.10. The fourth-order valence-corrected chi connectivity index (χ4v) is 3.74. The normalized spacial score (nSPS) is 27.9. The van der Waals surface area contributed by atoms with Crippen LogP contribution in [0.2, 0.25) is 0 Å². The number of piperidine rings is 1. The van der Waals surface area contributed by atoms with Crippen LogP contribution >= 0.6 is 0 Å². The maximum Gasteiger partial charge on any atom is 0.409 e. The van der Waals surface area contributed by atoms with Crippen LogP contribution in [0.25, 0.3) is 0 Å². The number of ether oxygens (including phenoxy) is 3. The van der Waals surface area contributed by atoms with E-state index < -0.39 is 0 Å². The first-order chi connectivity index (χ1) is 11.5.